The molecule has 0 bridgehead atoms. The van der Waals surface area contributed by atoms with Crippen LogP contribution in [0.4, 0.5) is 34.1 Å². The Morgan fingerprint density at radius 2 is 0.744 bits per heavy atom. The van der Waals surface area contributed by atoms with Crippen molar-refractivity contribution >= 4 is 79.2 Å². The minimum atomic E-state index is -0.281. The average molecular weight is 1170 g/mol. The van der Waals surface area contributed by atoms with Crippen molar-refractivity contribution < 1.29 is 27.8 Å². The van der Waals surface area contributed by atoms with Crippen LogP contribution in [-0.2, 0) is 10.8 Å². The van der Waals surface area contributed by atoms with Gasteiger partial charge in [-0.05, 0) is 193 Å². The first-order chi connectivity index (χ1) is 44.0. The van der Waals surface area contributed by atoms with Gasteiger partial charge in [-0.3, -0.25) is 0 Å². The third kappa shape index (κ3) is 7.49. The van der Waals surface area contributed by atoms with Crippen LogP contribution >= 0.6 is 0 Å². The fraction of sp³-hybridized carbons (Fsp3) is 0.136. The molecule has 0 N–H and O–H groups in total. The van der Waals surface area contributed by atoms with Gasteiger partial charge in [0.05, 0.1) is 0 Å². The number of furan rings is 2. The van der Waals surface area contributed by atoms with E-state index in [1.54, 1.807) is 0 Å². The number of rotatable bonds is 6. The Hall–Kier alpha value is -10.6. The standard InChI is InChI=1S/C81H59BN2O6/c1-46-30-69-79-70(31-46)84(56-35-52(33-54(37-56)74-41-50-15-7-13-21-72(50)90-74)48-23-25-60-58-17-9-11-19-62(58)81(4,5)64(60)39-48)68-45-78-76(86-27-29-88-78)43-66(68)82(79)65-42-75-77(87-28-26-85-75)44-67(65)83(69)55-34-51(32-53(36-55)73-40-49-14-6-12-20-71(49)89-73)47-22-24-59-57-16-8-10-18-61(57)80(2,3)63(59)38-47/h6-25,30-45H,26-29H2,1-5H3. The Labute approximate surface area is 522 Å². The van der Waals surface area contributed by atoms with Gasteiger partial charge in [-0.25, -0.2) is 0 Å². The van der Waals surface area contributed by atoms with Crippen molar-refractivity contribution in [3.05, 3.63) is 246 Å². The topological polar surface area (TPSA) is 69.7 Å². The molecule has 0 fully saturated rings. The number of nitrogens with zero attached hydrogens (tertiary/aromatic N) is 2. The average Bonchev–Trinajstić information content (AvgIpc) is 1.03. The van der Waals surface area contributed by atoms with Gasteiger partial charge >= 0.3 is 0 Å². The summed E-state index contributed by atoms with van der Waals surface area (Å²) in [4.78, 5) is 4.95. The summed E-state index contributed by atoms with van der Waals surface area (Å²) in [6, 6.07) is 80.3. The summed E-state index contributed by atoms with van der Waals surface area (Å²) in [7, 11) is 0. The molecular weight excluding hydrogens is 1110 g/mol. The number of benzene rings is 11. The van der Waals surface area contributed by atoms with Crippen LogP contribution in [0.3, 0.4) is 0 Å². The Balaban J connectivity index is 0.868. The summed E-state index contributed by atoms with van der Waals surface area (Å²) in [5.41, 5.74) is 28.6. The molecule has 6 aliphatic rings. The second-order valence-electron chi connectivity index (χ2n) is 26.1. The zero-order chi connectivity index (χ0) is 59.9. The van der Waals surface area contributed by atoms with Gasteiger partial charge in [-0.15, -0.1) is 0 Å². The summed E-state index contributed by atoms with van der Waals surface area (Å²) in [5, 5.41) is 2.10. The van der Waals surface area contributed by atoms with Gasteiger partial charge in [0.1, 0.15) is 49.1 Å². The smallest absolute Gasteiger partial charge is 0.252 e. The predicted octanol–water partition coefficient (Wildman–Crippen LogP) is 18.4. The SMILES string of the molecule is Cc1cc2c3c(c1)N(c1cc(-c4ccc5c(c4)C(C)(C)c4ccccc4-5)cc(-c4cc5ccccc5o4)c1)c1cc4c(cc1B3c1cc3c(cc1N2c1cc(-c2ccc5c(c2)C(C)(C)c2ccccc2-5)cc(-c2cc5ccccc5o2)c1)OCCO3)OCCO4. The lowest BCUT2D eigenvalue weighted by molar-refractivity contribution is 0.172. The van der Waals surface area contributed by atoms with E-state index in [2.05, 4.69) is 239 Å². The molecule has 0 spiro atoms. The van der Waals surface area contributed by atoms with Crippen LogP contribution in [0.2, 0.25) is 0 Å². The highest BCUT2D eigenvalue weighted by Crippen LogP contribution is 2.55. The van der Waals surface area contributed by atoms with E-state index >= 15 is 0 Å². The number of anilines is 6. The predicted molar refractivity (Wildman–Crippen MR) is 364 cm³/mol. The van der Waals surface area contributed by atoms with Gasteiger partial charge in [0.25, 0.3) is 6.71 Å². The second-order valence-corrected chi connectivity index (χ2v) is 26.1. The first-order valence-corrected chi connectivity index (χ1v) is 31.4. The lowest BCUT2D eigenvalue weighted by atomic mass is 9.33. The Morgan fingerprint density at radius 1 is 0.344 bits per heavy atom. The van der Waals surface area contributed by atoms with Crippen LogP contribution in [0.15, 0.2) is 227 Å². The Bertz CT molecular complexity index is 4890. The lowest BCUT2D eigenvalue weighted by Crippen LogP contribution is -2.61. The zero-order valence-electron chi connectivity index (χ0n) is 50.5. The molecular formula is C81H59BN2O6. The van der Waals surface area contributed by atoms with Crippen LogP contribution in [0.5, 0.6) is 23.0 Å². The third-order valence-electron chi connectivity index (χ3n) is 20.1. The number of fused-ring (bicyclic) bond motifs is 14. The van der Waals surface area contributed by atoms with Crippen molar-refractivity contribution in [2.24, 2.45) is 0 Å². The minimum absolute atomic E-state index is 0.195. The van der Waals surface area contributed by atoms with E-state index < -0.39 is 0 Å². The maximum Gasteiger partial charge on any atom is 0.252 e. The molecule has 2 aromatic heterocycles. The van der Waals surface area contributed by atoms with E-state index in [1.165, 1.54) is 44.5 Å². The summed E-state index contributed by atoms with van der Waals surface area (Å²) < 4.78 is 40.0. The highest BCUT2D eigenvalue weighted by Gasteiger charge is 2.46. The van der Waals surface area contributed by atoms with Crippen molar-refractivity contribution in [3.63, 3.8) is 0 Å². The molecule has 0 saturated heterocycles. The van der Waals surface area contributed by atoms with Gasteiger partial charge < -0.3 is 37.6 Å². The van der Waals surface area contributed by atoms with Gasteiger partial charge in [-0.1, -0.05) is 137 Å². The number of aryl methyl sites for hydroxylation is 1. The molecule has 432 valence electrons. The summed E-state index contributed by atoms with van der Waals surface area (Å²) >= 11 is 0. The van der Waals surface area contributed by atoms with Crippen LogP contribution in [0.25, 0.3) is 89.1 Å². The minimum Gasteiger partial charge on any atom is -0.486 e. The molecule has 11 aromatic carbocycles. The molecule has 0 unspecified atom stereocenters. The highest BCUT2D eigenvalue weighted by atomic mass is 16.6. The molecule has 8 nitrogen and oxygen atoms in total. The first kappa shape index (κ1) is 51.4. The Morgan fingerprint density at radius 3 is 1.20 bits per heavy atom. The monoisotopic (exact) mass is 1170 g/mol. The maximum atomic E-state index is 6.84. The molecule has 6 heterocycles. The molecule has 13 aromatic rings. The fourth-order valence-corrected chi connectivity index (χ4v) is 15.9. The molecule has 90 heavy (non-hydrogen) atoms. The molecule has 0 amide bonds. The van der Waals surface area contributed by atoms with Gasteiger partial charge in [-0.2, -0.15) is 0 Å². The van der Waals surface area contributed by atoms with E-state index in [0.29, 0.717) is 37.9 Å². The number of ether oxygens (including phenoxy) is 4. The van der Waals surface area contributed by atoms with Crippen LogP contribution in [-0.4, -0.2) is 33.1 Å². The summed E-state index contributed by atoms with van der Waals surface area (Å²) in [6.45, 7) is 13.2. The van der Waals surface area contributed by atoms with Gasteiger partial charge in [0.2, 0.25) is 0 Å². The van der Waals surface area contributed by atoms with Crippen molar-refractivity contribution in [3.8, 4) is 90.2 Å². The van der Waals surface area contributed by atoms with E-state index in [9.17, 15) is 0 Å². The summed E-state index contributed by atoms with van der Waals surface area (Å²) in [6.07, 6.45) is 0. The first-order valence-electron chi connectivity index (χ1n) is 31.4. The number of hydrogen-bond donors (Lipinski definition) is 0. The van der Waals surface area contributed by atoms with E-state index in [-0.39, 0.29) is 17.5 Å². The zero-order valence-corrected chi connectivity index (χ0v) is 50.5. The van der Waals surface area contributed by atoms with Crippen molar-refractivity contribution in [1.82, 2.24) is 0 Å². The second kappa shape index (κ2) is 18.7. The van der Waals surface area contributed by atoms with Crippen LogP contribution < -0.4 is 45.1 Å². The molecule has 0 saturated carbocycles. The number of hydrogen-bond acceptors (Lipinski definition) is 8. The van der Waals surface area contributed by atoms with Gasteiger partial charge in [0, 0.05) is 79.0 Å². The normalized spacial score (nSPS) is 15.5. The maximum absolute atomic E-state index is 6.84. The summed E-state index contributed by atoms with van der Waals surface area (Å²) in [5.74, 6) is 4.45. The number of para-hydroxylation sites is 2. The molecule has 2 aliphatic carbocycles. The van der Waals surface area contributed by atoms with Gasteiger partial charge in [0.15, 0.2) is 23.0 Å². The van der Waals surface area contributed by atoms with Crippen LogP contribution in [0.1, 0.15) is 55.5 Å². The van der Waals surface area contributed by atoms with Crippen molar-refractivity contribution in [1.29, 1.82) is 0 Å². The van der Waals surface area contributed by atoms with Crippen molar-refractivity contribution in [2.75, 3.05) is 36.2 Å². The lowest BCUT2D eigenvalue weighted by Gasteiger charge is -2.45. The quantitative estimate of drug-likeness (QED) is 0.153. The van der Waals surface area contributed by atoms with E-state index in [1.807, 2.05) is 24.3 Å². The Kier molecular flexibility index (Phi) is 10.7. The molecule has 9 heteroatoms. The molecule has 4 aliphatic heterocycles. The molecule has 19 rings (SSSR count). The molecule has 0 atom stereocenters. The van der Waals surface area contributed by atoms with E-state index in [0.717, 1.165) is 134 Å². The van der Waals surface area contributed by atoms with E-state index in [4.69, 9.17) is 27.8 Å². The fourth-order valence-electron chi connectivity index (χ4n) is 15.9. The van der Waals surface area contributed by atoms with Crippen molar-refractivity contribution in [2.45, 2.75) is 45.4 Å². The largest absolute Gasteiger partial charge is 0.486 e. The molecule has 0 radical (unpaired) electrons. The van der Waals surface area contributed by atoms with Crippen LogP contribution in [0, 0.1) is 6.92 Å². The highest BCUT2D eigenvalue weighted by molar-refractivity contribution is 7.00. The third-order valence-corrected chi connectivity index (χ3v) is 20.1.